The van der Waals surface area contributed by atoms with Crippen LogP contribution in [-0.4, -0.2) is 37.5 Å². The third-order valence-corrected chi connectivity index (χ3v) is 3.41. The van der Waals surface area contributed by atoms with Crippen LogP contribution in [0.25, 0.3) is 0 Å². The third-order valence-electron chi connectivity index (χ3n) is 3.41. The number of pyridine rings is 1. The average molecular weight is 266 g/mol. The van der Waals surface area contributed by atoms with E-state index in [0.29, 0.717) is 13.2 Å². The number of methoxy groups -OCH3 is 1. The second kappa shape index (κ2) is 6.73. The maximum atomic E-state index is 12.0. The SMILES string of the molecule is COCCn1c(C)cc(NCC2CCCO2)cc1=O. The molecule has 1 saturated heterocycles. The van der Waals surface area contributed by atoms with Crippen LogP contribution in [0.15, 0.2) is 16.9 Å². The molecule has 2 rings (SSSR count). The van der Waals surface area contributed by atoms with E-state index in [4.69, 9.17) is 9.47 Å². The van der Waals surface area contributed by atoms with Crippen molar-refractivity contribution in [3.8, 4) is 0 Å². The molecule has 0 aliphatic carbocycles. The summed E-state index contributed by atoms with van der Waals surface area (Å²) in [6.45, 7) is 4.69. The van der Waals surface area contributed by atoms with Gasteiger partial charge in [-0.05, 0) is 25.8 Å². The lowest BCUT2D eigenvalue weighted by Crippen LogP contribution is -2.25. The molecule has 1 N–H and O–H groups in total. The maximum absolute atomic E-state index is 12.0. The van der Waals surface area contributed by atoms with Crippen molar-refractivity contribution in [1.29, 1.82) is 0 Å². The minimum Gasteiger partial charge on any atom is -0.383 e. The van der Waals surface area contributed by atoms with Crippen molar-refractivity contribution in [3.05, 3.63) is 28.2 Å². The largest absolute Gasteiger partial charge is 0.383 e. The molecule has 0 radical (unpaired) electrons. The molecule has 5 nitrogen and oxygen atoms in total. The average Bonchev–Trinajstić information content (AvgIpc) is 2.88. The first kappa shape index (κ1) is 14.1. The molecular formula is C14H22N2O3. The van der Waals surface area contributed by atoms with E-state index in [0.717, 1.165) is 37.4 Å². The molecule has 1 aromatic rings. The summed E-state index contributed by atoms with van der Waals surface area (Å²) >= 11 is 0. The van der Waals surface area contributed by atoms with Crippen molar-refractivity contribution in [2.24, 2.45) is 0 Å². The third kappa shape index (κ3) is 3.81. The van der Waals surface area contributed by atoms with E-state index in [1.807, 2.05) is 13.0 Å². The van der Waals surface area contributed by atoms with Crippen molar-refractivity contribution in [2.75, 3.05) is 32.2 Å². The Labute approximate surface area is 113 Å². The number of aryl methyl sites for hydroxylation is 1. The summed E-state index contributed by atoms with van der Waals surface area (Å²) in [7, 11) is 1.64. The molecule has 106 valence electrons. The van der Waals surface area contributed by atoms with Gasteiger partial charge in [-0.15, -0.1) is 0 Å². The second-order valence-electron chi connectivity index (χ2n) is 4.88. The monoisotopic (exact) mass is 266 g/mol. The zero-order valence-corrected chi connectivity index (χ0v) is 11.6. The molecule has 5 heteroatoms. The molecule has 1 fully saturated rings. The molecule has 0 spiro atoms. The van der Waals surface area contributed by atoms with Crippen molar-refractivity contribution in [2.45, 2.75) is 32.4 Å². The summed E-state index contributed by atoms with van der Waals surface area (Å²) in [5, 5.41) is 3.28. The van der Waals surface area contributed by atoms with E-state index in [2.05, 4.69) is 5.32 Å². The standard InChI is InChI=1S/C14H22N2O3/c1-11-8-12(15-10-13-4-3-6-19-13)9-14(17)16(11)5-7-18-2/h8-9,13,15H,3-7,10H2,1-2H3. The summed E-state index contributed by atoms with van der Waals surface area (Å²) in [4.78, 5) is 12.0. The normalized spacial score (nSPS) is 18.7. The molecule has 0 aromatic carbocycles. The van der Waals surface area contributed by atoms with Gasteiger partial charge in [0.2, 0.25) is 0 Å². The van der Waals surface area contributed by atoms with Gasteiger partial charge in [-0.25, -0.2) is 0 Å². The van der Waals surface area contributed by atoms with Gasteiger partial charge < -0.3 is 19.4 Å². The molecule has 1 unspecified atom stereocenters. The van der Waals surface area contributed by atoms with Gasteiger partial charge in [-0.1, -0.05) is 0 Å². The van der Waals surface area contributed by atoms with Gasteiger partial charge in [0.15, 0.2) is 0 Å². The molecule has 0 saturated carbocycles. The van der Waals surface area contributed by atoms with Gasteiger partial charge >= 0.3 is 0 Å². The lowest BCUT2D eigenvalue weighted by molar-refractivity contribution is 0.120. The molecule has 1 aliphatic rings. The maximum Gasteiger partial charge on any atom is 0.252 e. The fourth-order valence-corrected chi connectivity index (χ4v) is 2.34. The fraction of sp³-hybridized carbons (Fsp3) is 0.643. The topological polar surface area (TPSA) is 52.5 Å². The predicted octanol–water partition coefficient (Wildman–Crippen LogP) is 1.39. The number of aromatic nitrogens is 1. The van der Waals surface area contributed by atoms with Gasteiger partial charge in [0.25, 0.3) is 5.56 Å². The zero-order chi connectivity index (χ0) is 13.7. The highest BCUT2D eigenvalue weighted by molar-refractivity contribution is 5.43. The van der Waals surface area contributed by atoms with Crippen molar-refractivity contribution >= 4 is 5.69 Å². The smallest absolute Gasteiger partial charge is 0.252 e. The van der Waals surface area contributed by atoms with E-state index >= 15 is 0 Å². The summed E-state index contributed by atoms with van der Waals surface area (Å²) in [5.74, 6) is 0. The summed E-state index contributed by atoms with van der Waals surface area (Å²) < 4.78 is 12.3. The first-order chi connectivity index (χ1) is 9.20. The van der Waals surface area contributed by atoms with Crippen LogP contribution in [0.4, 0.5) is 5.69 Å². The Bertz CT molecular complexity index is 464. The zero-order valence-electron chi connectivity index (χ0n) is 11.6. The van der Waals surface area contributed by atoms with Crippen LogP contribution in [0, 0.1) is 6.92 Å². The minimum atomic E-state index is 0.00638. The van der Waals surface area contributed by atoms with Crippen molar-refractivity contribution in [1.82, 2.24) is 4.57 Å². The first-order valence-corrected chi connectivity index (χ1v) is 6.76. The Kier molecular flexibility index (Phi) is 4.99. The van der Waals surface area contributed by atoms with Crippen LogP contribution < -0.4 is 10.9 Å². The molecule has 1 aromatic heterocycles. The quantitative estimate of drug-likeness (QED) is 0.845. The Morgan fingerprint density at radius 3 is 3.00 bits per heavy atom. The Balaban J connectivity index is 2.00. The number of nitrogens with one attached hydrogen (secondary N) is 1. The number of rotatable bonds is 6. The second-order valence-corrected chi connectivity index (χ2v) is 4.88. The number of hydrogen-bond acceptors (Lipinski definition) is 4. The van der Waals surface area contributed by atoms with Crippen molar-refractivity contribution in [3.63, 3.8) is 0 Å². The van der Waals surface area contributed by atoms with E-state index < -0.39 is 0 Å². The molecule has 19 heavy (non-hydrogen) atoms. The van der Waals surface area contributed by atoms with Crippen LogP contribution in [0.3, 0.4) is 0 Å². The van der Waals surface area contributed by atoms with Crippen LogP contribution in [-0.2, 0) is 16.0 Å². The van der Waals surface area contributed by atoms with Gasteiger partial charge in [-0.2, -0.15) is 0 Å². The highest BCUT2D eigenvalue weighted by Crippen LogP contribution is 2.13. The highest BCUT2D eigenvalue weighted by atomic mass is 16.5. The first-order valence-electron chi connectivity index (χ1n) is 6.76. The van der Waals surface area contributed by atoms with E-state index in [9.17, 15) is 4.79 Å². The van der Waals surface area contributed by atoms with Gasteiger partial charge in [0.1, 0.15) is 0 Å². The van der Waals surface area contributed by atoms with Gasteiger partial charge in [0, 0.05) is 44.3 Å². The Morgan fingerprint density at radius 2 is 2.37 bits per heavy atom. The van der Waals surface area contributed by atoms with Crippen LogP contribution in [0.1, 0.15) is 18.5 Å². The molecule has 1 atom stereocenters. The van der Waals surface area contributed by atoms with E-state index in [1.54, 1.807) is 17.7 Å². The van der Waals surface area contributed by atoms with E-state index in [-0.39, 0.29) is 11.7 Å². The Hall–Kier alpha value is -1.33. The van der Waals surface area contributed by atoms with Crippen LogP contribution in [0.2, 0.25) is 0 Å². The van der Waals surface area contributed by atoms with Crippen molar-refractivity contribution < 1.29 is 9.47 Å². The number of ether oxygens (including phenoxy) is 2. The fourth-order valence-electron chi connectivity index (χ4n) is 2.34. The molecule has 0 bridgehead atoms. The van der Waals surface area contributed by atoms with Crippen LogP contribution >= 0.6 is 0 Å². The van der Waals surface area contributed by atoms with Gasteiger partial charge in [-0.3, -0.25) is 4.79 Å². The van der Waals surface area contributed by atoms with E-state index in [1.165, 1.54) is 0 Å². The highest BCUT2D eigenvalue weighted by Gasteiger charge is 2.15. The number of hydrogen-bond donors (Lipinski definition) is 1. The molecule has 1 aliphatic heterocycles. The molecular weight excluding hydrogens is 244 g/mol. The summed E-state index contributed by atoms with van der Waals surface area (Å²) in [6, 6.07) is 3.63. The number of anilines is 1. The van der Waals surface area contributed by atoms with Crippen LogP contribution in [0.5, 0.6) is 0 Å². The lowest BCUT2D eigenvalue weighted by Gasteiger charge is -2.14. The van der Waals surface area contributed by atoms with Gasteiger partial charge in [0.05, 0.1) is 12.7 Å². The summed E-state index contributed by atoms with van der Waals surface area (Å²) in [5.41, 5.74) is 1.82. The Morgan fingerprint density at radius 1 is 1.53 bits per heavy atom. The summed E-state index contributed by atoms with van der Waals surface area (Å²) in [6.07, 6.45) is 2.50. The minimum absolute atomic E-state index is 0.00638. The number of nitrogens with zero attached hydrogens (tertiary/aromatic N) is 1. The molecule has 2 heterocycles. The molecule has 0 amide bonds. The lowest BCUT2D eigenvalue weighted by atomic mass is 10.2. The predicted molar refractivity (Wildman–Crippen MR) is 74.8 cm³/mol.